The third-order valence-electron chi connectivity index (χ3n) is 8.35. The summed E-state index contributed by atoms with van der Waals surface area (Å²) in [6.07, 6.45) is 7.33. The number of nitrogens with one attached hydrogen (secondary N) is 2. The Labute approximate surface area is 226 Å². The van der Waals surface area contributed by atoms with E-state index < -0.39 is 11.5 Å². The van der Waals surface area contributed by atoms with Gasteiger partial charge in [0.2, 0.25) is 5.91 Å². The number of amidine groups is 1. The van der Waals surface area contributed by atoms with Gasteiger partial charge in [-0.1, -0.05) is 47.5 Å². The molecule has 1 unspecified atom stereocenters. The Balaban J connectivity index is 1.62. The number of benzene rings is 2. The van der Waals surface area contributed by atoms with Crippen molar-refractivity contribution in [1.29, 1.82) is 0 Å². The van der Waals surface area contributed by atoms with Gasteiger partial charge in [0.25, 0.3) is 0 Å². The molecule has 8 heteroatoms. The molecule has 1 fully saturated rings. The maximum Gasteiger partial charge on any atom is 0.237 e. The Bertz CT molecular complexity index is 1350. The summed E-state index contributed by atoms with van der Waals surface area (Å²) in [5.74, 6) is 0.374. The molecule has 4 atom stereocenters. The fourth-order valence-electron chi connectivity index (χ4n) is 6.62. The van der Waals surface area contributed by atoms with Crippen molar-refractivity contribution in [2.75, 3.05) is 31.5 Å². The lowest BCUT2D eigenvalue weighted by Crippen LogP contribution is -2.56. The summed E-state index contributed by atoms with van der Waals surface area (Å²) < 4.78 is 14.8. The van der Waals surface area contributed by atoms with Crippen LogP contribution in [0.25, 0.3) is 0 Å². The Kier molecular flexibility index (Phi) is 6.38. The van der Waals surface area contributed by atoms with Crippen LogP contribution in [0, 0.1) is 24.6 Å². The van der Waals surface area contributed by atoms with Crippen LogP contribution in [0.5, 0.6) is 0 Å². The Morgan fingerprint density at radius 2 is 1.92 bits per heavy atom. The molecule has 0 radical (unpaired) electrons. The number of fused-ring (bicyclic) bond motifs is 2. The van der Waals surface area contributed by atoms with E-state index in [0.29, 0.717) is 23.6 Å². The average Bonchev–Trinajstić information content (AvgIpc) is 3.17. The van der Waals surface area contributed by atoms with Crippen LogP contribution in [-0.2, 0) is 10.2 Å². The highest BCUT2D eigenvalue weighted by Crippen LogP contribution is 2.59. The molecule has 0 bridgehead atoms. The van der Waals surface area contributed by atoms with Crippen LogP contribution in [0.1, 0.15) is 35.6 Å². The third-order valence-corrected chi connectivity index (χ3v) is 8.86. The van der Waals surface area contributed by atoms with Crippen LogP contribution in [0.15, 0.2) is 64.7 Å². The van der Waals surface area contributed by atoms with Gasteiger partial charge in [-0.3, -0.25) is 9.79 Å². The van der Waals surface area contributed by atoms with Crippen LogP contribution >= 0.6 is 23.2 Å². The van der Waals surface area contributed by atoms with E-state index in [1.807, 2.05) is 31.2 Å². The monoisotopic (exact) mass is 538 g/mol. The van der Waals surface area contributed by atoms with Gasteiger partial charge >= 0.3 is 0 Å². The minimum absolute atomic E-state index is 0.00894. The van der Waals surface area contributed by atoms with Crippen molar-refractivity contribution in [1.82, 2.24) is 10.2 Å². The first-order valence-electron chi connectivity index (χ1n) is 12.8. The van der Waals surface area contributed by atoms with Gasteiger partial charge in [-0.2, -0.15) is 0 Å². The molecule has 192 valence electrons. The molecule has 1 spiro atoms. The van der Waals surface area contributed by atoms with Crippen molar-refractivity contribution in [2.24, 2.45) is 16.8 Å². The van der Waals surface area contributed by atoms with Gasteiger partial charge < -0.3 is 15.5 Å². The van der Waals surface area contributed by atoms with E-state index in [2.05, 4.69) is 21.6 Å². The van der Waals surface area contributed by atoms with E-state index in [4.69, 9.17) is 28.2 Å². The number of halogens is 3. The Morgan fingerprint density at radius 3 is 2.70 bits per heavy atom. The molecule has 3 aliphatic heterocycles. The van der Waals surface area contributed by atoms with Crippen molar-refractivity contribution in [3.05, 3.63) is 87.2 Å². The molecule has 1 saturated heterocycles. The predicted octanol–water partition coefficient (Wildman–Crippen LogP) is 5.74. The SMILES string of the molecule is Cc1ccc(F)cc1[C@H]1N=C(N2CCNCC2)C[C@@H](C2C=CC=C(Cl)C2)[C@]12C(=O)Nc1cc(Cl)ccc12. The molecular formula is C29H29Cl2FN4O. The number of piperazine rings is 1. The summed E-state index contributed by atoms with van der Waals surface area (Å²) in [5.41, 5.74) is 2.16. The molecule has 4 aliphatic rings. The number of anilines is 1. The number of carbonyl (C=O) groups excluding carboxylic acids is 1. The standard InChI is InChI=1S/C29H29Cl2FN4O/c1-17-5-7-21(32)15-22(17)27-29(23-8-6-20(31)14-25(23)34-28(29)37)24(18-3-2-4-19(30)13-18)16-26(35-27)36-11-9-33-10-12-36/h2-8,14-15,18,24,27,33H,9-13,16H2,1H3,(H,34,37)/t18?,24-,27+,29-/m0/s1. The van der Waals surface area contributed by atoms with Gasteiger partial charge in [-0.15, -0.1) is 0 Å². The first kappa shape index (κ1) is 24.7. The lowest BCUT2D eigenvalue weighted by molar-refractivity contribution is -0.124. The summed E-state index contributed by atoms with van der Waals surface area (Å²) in [7, 11) is 0. The lowest BCUT2D eigenvalue weighted by Gasteiger charge is -2.49. The van der Waals surface area contributed by atoms with E-state index >= 15 is 0 Å². The maximum atomic E-state index is 14.8. The van der Waals surface area contributed by atoms with Crippen molar-refractivity contribution in [2.45, 2.75) is 31.2 Å². The second-order valence-corrected chi connectivity index (χ2v) is 11.3. The number of amides is 1. The zero-order valence-corrected chi connectivity index (χ0v) is 22.1. The van der Waals surface area contributed by atoms with E-state index in [-0.39, 0.29) is 23.6 Å². The molecule has 37 heavy (non-hydrogen) atoms. The first-order valence-corrected chi connectivity index (χ1v) is 13.6. The Morgan fingerprint density at radius 1 is 1.11 bits per heavy atom. The van der Waals surface area contributed by atoms with Crippen molar-refractivity contribution in [3.8, 4) is 0 Å². The highest BCUT2D eigenvalue weighted by molar-refractivity contribution is 6.31. The number of nitrogens with zero attached hydrogens (tertiary/aromatic N) is 2. The topological polar surface area (TPSA) is 56.7 Å². The molecular weight excluding hydrogens is 510 g/mol. The highest BCUT2D eigenvalue weighted by atomic mass is 35.5. The van der Waals surface area contributed by atoms with Crippen LogP contribution in [-0.4, -0.2) is 42.8 Å². The average molecular weight is 539 g/mol. The summed E-state index contributed by atoms with van der Waals surface area (Å²) in [6.45, 7) is 5.39. The van der Waals surface area contributed by atoms with Crippen LogP contribution in [0.2, 0.25) is 5.02 Å². The number of hydrogen-bond acceptors (Lipinski definition) is 4. The maximum absolute atomic E-state index is 14.8. The summed E-state index contributed by atoms with van der Waals surface area (Å²) in [5, 5.41) is 7.85. The minimum Gasteiger partial charge on any atom is -0.358 e. The van der Waals surface area contributed by atoms with Crippen molar-refractivity contribution < 1.29 is 9.18 Å². The van der Waals surface area contributed by atoms with E-state index in [1.165, 1.54) is 6.07 Å². The summed E-state index contributed by atoms with van der Waals surface area (Å²) >= 11 is 12.9. The summed E-state index contributed by atoms with van der Waals surface area (Å²) in [6, 6.07) is 9.75. The van der Waals surface area contributed by atoms with Gasteiger partial charge in [-0.05, 0) is 72.2 Å². The van der Waals surface area contributed by atoms with Gasteiger partial charge in [0.05, 0.1) is 6.04 Å². The van der Waals surface area contributed by atoms with E-state index in [9.17, 15) is 9.18 Å². The molecule has 2 aromatic rings. The number of allylic oxidation sites excluding steroid dienone is 4. The number of rotatable bonds is 2. The second kappa shape index (κ2) is 9.57. The van der Waals surface area contributed by atoms with Crippen LogP contribution in [0.4, 0.5) is 10.1 Å². The molecule has 0 aromatic heterocycles. The molecule has 6 rings (SSSR count). The summed E-state index contributed by atoms with van der Waals surface area (Å²) in [4.78, 5) is 22.0. The van der Waals surface area contributed by atoms with Gasteiger partial charge in [0.1, 0.15) is 17.1 Å². The second-order valence-electron chi connectivity index (χ2n) is 10.4. The number of aryl methyl sites for hydroxylation is 1. The zero-order valence-electron chi connectivity index (χ0n) is 20.6. The quantitative estimate of drug-likeness (QED) is 0.512. The Hall–Kier alpha value is -2.67. The number of carbonyl (C=O) groups is 1. The molecule has 3 heterocycles. The predicted molar refractivity (Wildman–Crippen MR) is 147 cm³/mol. The molecule has 2 aromatic carbocycles. The van der Waals surface area contributed by atoms with Crippen molar-refractivity contribution in [3.63, 3.8) is 0 Å². The molecule has 5 nitrogen and oxygen atoms in total. The van der Waals surface area contributed by atoms with Crippen molar-refractivity contribution >= 4 is 40.6 Å². The van der Waals surface area contributed by atoms with E-state index in [1.54, 1.807) is 18.2 Å². The molecule has 0 saturated carbocycles. The van der Waals surface area contributed by atoms with Crippen LogP contribution in [0.3, 0.4) is 0 Å². The number of hydrogen-bond donors (Lipinski definition) is 2. The fourth-order valence-corrected chi connectivity index (χ4v) is 7.04. The first-order chi connectivity index (χ1) is 17.9. The zero-order chi connectivity index (χ0) is 25.7. The minimum atomic E-state index is -1.04. The molecule has 2 N–H and O–H groups in total. The smallest absolute Gasteiger partial charge is 0.237 e. The van der Waals surface area contributed by atoms with Gasteiger partial charge in [0.15, 0.2) is 0 Å². The largest absolute Gasteiger partial charge is 0.358 e. The fraction of sp³-hybridized carbons (Fsp3) is 0.379. The normalized spacial score (nSPS) is 29.1. The van der Waals surface area contributed by atoms with Crippen LogP contribution < -0.4 is 10.6 Å². The third kappa shape index (κ3) is 4.10. The highest BCUT2D eigenvalue weighted by Gasteiger charge is 2.61. The van der Waals surface area contributed by atoms with Gasteiger partial charge in [0, 0.05) is 48.3 Å². The molecule has 1 aliphatic carbocycles. The van der Waals surface area contributed by atoms with Gasteiger partial charge in [-0.25, -0.2) is 4.39 Å². The van der Waals surface area contributed by atoms with E-state index in [0.717, 1.165) is 53.7 Å². The molecule has 1 amide bonds. The lowest BCUT2D eigenvalue weighted by atomic mass is 9.57. The number of aliphatic imine (C=N–C) groups is 1.